The van der Waals surface area contributed by atoms with E-state index >= 15 is 0 Å². The Bertz CT molecular complexity index is 873. The molecule has 0 unspecified atom stereocenters. The fourth-order valence-corrected chi connectivity index (χ4v) is 3.73. The van der Waals surface area contributed by atoms with Gasteiger partial charge in [-0.15, -0.1) is 0 Å². The second kappa shape index (κ2) is 8.73. The second-order valence-electron chi connectivity index (χ2n) is 7.32. The van der Waals surface area contributed by atoms with E-state index in [-0.39, 0.29) is 6.03 Å². The van der Waals surface area contributed by atoms with E-state index in [1.54, 1.807) is 6.20 Å². The molecule has 1 fully saturated rings. The third kappa shape index (κ3) is 4.60. The van der Waals surface area contributed by atoms with Gasteiger partial charge in [0.15, 0.2) is 0 Å². The Morgan fingerprint density at radius 3 is 2.96 bits per heavy atom. The van der Waals surface area contributed by atoms with E-state index in [9.17, 15) is 4.79 Å². The van der Waals surface area contributed by atoms with Gasteiger partial charge >= 0.3 is 6.03 Å². The number of nitrogens with zero attached hydrogens (tertiary/aromatic N) is 5. The highest BCUT2D eigenvalue weighted by atomic mass is 16.2. The van der Waals surface area contributed by atoms with Gasteiger partial charge in [0.1, 0.15) is 0 Å². The summed E-state index contributed by atoms with van der Waals surface area (Å²) in [7, 11) is 0. The van der Waals surface area contributed by atoms with Crippen LogP contribution in [0.4, 0.5) is 4.79 Å². The van der Waals surface area contributed by atoms with Crippen molar-refractivity contribution in [2.45, 2.75) is 25.8 Å². The fourth-order valence-electron chi connectivity index (χ4n) is 3.73. The molecule has 1 N–H and O–H groups in total. The molecule has 146 valence electrons. The van der Waals surface area contributed by atoms with Crippen LogP contribution in [-0.4, -0.2) is 49.9 Å². The lowest BCUT2D eigenvalue weighted by molar-refractivity contribution is 0.159. The van der Waals surface area contributed by atoms with Crippen LogP contribution in [0.2, 0.25) is 0 Å². The van der Waals surface area contributed by atoms with Gasteiger partial charge in [-0.3, -0.25) is 0 Å². The van der Waals surface area contributed by atoms with Crippen molar-refractivity contribution in [3.05, 3.63) is 67.0 Å². The Morgan fingerprint density at radius 2 is 2.14 bits per heavy atom. The monoisotopic (exact) mass is 378 g/mol. The van der Waals surface area contributed by atoms with Crippen LogP contribution >= 0.6 is 0 Å². The minimum absolute atomic E-state index is 0.0331. The Balaban J connectivity index is 1.24. The van der Waals surface area contributed by atoms with Gasteiger partial charge in [-0.25, -0.2) is 14.5 Å². The number of aromatic nitrogens is 4. The van der Waals surface area contributed by atoms with Crippen LogP contribution in [0, 0.1) is 5.92 Å². The maximum absolute atomic E-state index is 12.5. The number of benzene rings is 1. The van der Waals surface area contributed by atoms with Crippen LogP contribution in [0.15, 0.2) is 61.4 Å². The zero-order valence-corrected chi connectivity index (χ0v) is 15.9. The summed E-state index contributed by atoms with van der Waals surface area (Å²) in [6.07, 6.45) is 12.5. The van der Waals surface area contributed by atoms with E-state index in [2.05, 4.69) is 20.0 Å². The molecule has 0 bridgehead atoms. The molecule has 7 nitrogen and oxygen atoms in total. The van der Waals surface area contributed by atoms with E-state index < -0.39 is 0 Å². The predicted octanol–water partition coefficient (Wildman–Crippen LogP) is 2.73. The molecule has 0 saturated carbocycles. The largest absolute Gasteiger partial charge is 0.338 e. The molecule has 3 heterocycles. The van der Waals surface area contributed by atoms with E-state index in [0.717, 1.165) is 50.1 Å². The van der Waals surface area contributed by atoms with Crippen LogP contribution in [0.1, 0.15) is 18.4 Å². The molecule has 7 heteroatoms. The third-order valence-corrected chi connectivity index (χ3v) is 5.18. The minimum atomic E-state index is 0.0331. The van der Waals surface area contributed by atoms with Crippen LogP contribution in [-0.2, 0) is 13.0 Å². The van der Waals surface area contributed by atoms with E-state index in [1.165, 1.54) is 0 Å². The summed E-state index contributed by atoms with van der Waals surface area (Å²) in [5.74, 6) is 0.484. The minimum Gasteiger partial charge on any atom is -0.338 e. The first-order valence-electron chi connectivity index (χ1n) is 9.85. The summed E-state index contributed by atoms with van der Waals surface area (Å²) in [4.78, 5) is 18.6. The number of imidazole rings is 1. The molecule has 3 aromatic rings. The van der Waals surface area contributed by atoms with Gasteiger partial charge in [-0.1, -0.05) is 18.2 Å². The molecule has 4 rings (SSSR count). The van der Waals surface area contributed by atoms with Gasteiger partial charge in [0, 0.05) is 44.8 Å². The van der Waals surface area contributed by atoms with Crippen LogP contribution in [0.5, 0.6) is 0 Å². The number of urea groups is 1. The van der Waals surface area contributed by atoms with Crippen LogP contribution in [0.25, 0.3) is 5.69 Å². The van der Waals surface area contributed by atoms with Crippen LogP contribution < -0.4 is 5.32 Å². The van der Waals surface area contributed by atoms with Crippen molar-refractivity contribution < 1.29 is 4.79 Å². The van der Waals surface area contributed by atoms with Gasteiger partial charge < -0.3 is 14.8 Å². The summed E-state index contributed by atoms with van der Waals surface area (Å²) in [5, 5.41) is 7.47. The van der Waals surface area contributed by atoms with Crippen molar-refractivity contribution in [3.8, 4) is 5.69 Å². The summed E-state index contributed by atoms with van der Waals surface area (Å²) in [6, 6.07) is 10.1. The maximum atomic E-state index is 12.5. The van der Waals surface area contributed by atoms with Gasteiger partial charge in [-0.2, -0.15) is 5.10 Å². The molecule has 0 spiro atoms. The summed E-state index contributed by atoms with van der Waals surface area (Å²) in [6.45, 7) is 3.17. The SMILES string of the molecule is O=C(NCCc1cnn(-c2ccccc2)c1)N1CCC[C@H](Cn2ccnc2)C1. The number of hydrogen-bond donors (Lipinski definition) is 1. The number of piperidine rings is 1. The highest BCUT2D eigenvalue weighted by molar-refractivity contribution is 5.74. The number of hydrogen-bond acceptors (Lipinski definition) is 3. The first-order valence-corrected chi connectivity index (χ1v) is 9.85. The van der Waals surface area contributed by atoms with Gasteiger partial charge in [-0.05, 0) is 42.9 Å². The lowest BCUT2D eigenvalue weighted by Crippen LogP contribution is -2.46. The maximum Gasteiger partial charge on any atom is 0.317 e. The molecule has 2 aromatic heterocycles. The first-order chi connectivity index (χ1) is 13.8. The molecule has 0 aliphatic carbocycles. The number of rotatable bonds is 6. The van der Waals surface area contributed by atoms with Crippen molar-refractivity contribution in [2.24, 2.45) is 5.92 Å². The van der Waals surface area contributed by atoms with Crippen molar-refractivity contribution in [2.75, 3.05) is 19.6 Å². The van der Waals surface area contributed by atoms with Gasteiger partial charge in [0.25, 0.3) is 0 Å². The molecule has 1 atom stereocenters. The van der Waals surface area contributed by atoms with Gasteiger partial charge in [0.2, 0.25) is 0 Å². The van der Waals surface area contributed by atoms with Crippen molar-refractivity contribution in [3.63, 3.8) is 0 Å². The number of para-hydroxylation sites is 1. The predicted molar refractivity (Wildman–Crippen MR) is 107 cm³/mol. The normalized spacial score (nSPS) is 16.9. The van der Waals surface area contributed by atoms with E-state index in [4.69, 9.17) is 0 Å². The van der Waals surface area contributed by atoms with Crippen molar-refractivity contribution in [1.82, 2.24) is 29.5 Å². The van der Waals surface area contributed by atoms with Crippen LogP contribution in [0.3, 0.4) is 0 Å². The Morgan fingerprint density at radius 1 is 1.25 bits per heavy atom. The van der Waals surface area contributed by atoms with Crippen molar-refractivity contribution >= 4 is 6.03 Å². The number of nitrogens with one attached hydrogen (secondary N) is 1. The highest BCUT2D eigenvalue weighted by Crippen LogP contribution is 2.18. The van der Waals surface area contributed by atoms with Crippen molar-refractivity contribution in [1.29, 1.82) is 0 Å². The molecule has 1 saturated heterocycles. The summed E-state index contributed by atoms with van der Waals surface area (Å²) < 4.78 is 3.96. The molecule has 0 radical (unpaired) electrons. The number of likely N-dealkylation sites (tertiary alicyclic amines) is 1. The molecule has 1 aliphatic rings. The molecule has 1 aliphatic heterocycles. The highest BCUT2D eigenvalue weighted by Gasteiger charge is 2.23. The third-order valence-electron chi connectivity index (χ3n) is 5.18. The Hall–Kier alpha value is -3.09. The molecular formula is C21H26N6O. The fraction of sp³-hybridized carbons (Fsp3) is 0.381. The number of carbonyl (C=O) groups is 1. The Kier molecular flexibility index (Phi) is 5.70. The average Bonchev–Trinajstić information content (AvgIpc) is 3.41. The average molecular weight is 378 g/mol. The summed E-state index contributed by atoms with van der Waals surface area (Å²) >= 11 is 0. The molecule has 2 amide bonds. The summed E-state index contributed by atoms with van der Waals surface area (Å²) in [5.41, 5.74) is 2.15. The molecule has 1 aromatic carbocycles. The zero-order chi connectivity index (χ0) is 19.2. The number of carbonyl (C=O) groups excluding carboxylic acids is 1. The lowest BCUT2D eigenvalue weighted by atomic mass is 9.98. The Labute approximate surface area is 165 Å². The molecular weight excluding hydrogens is 352 g/mol. The van der Waals surface area contributed by atoms with Gasteiger partial charge in [0.05, 0.1) is 18.2 Å². The quantitative estimate of drug-likeness (QED) is 0.717. The smallest absolute Gasteiger partial charge is 0.317 e. The van der Waals surface area contributed by atoms with E-state index in [1.807, 2.05) is 64.8 Å². The topological polar surface area (TPSA) is 68.0 Å². The first kappa shape index (κ1) is 18.3. The second-order valence-corrected chi connectivity index (χ2v) is 7.32. The lowest BCUT2D eigenvalue weighted by Gasteiger charge is -2.33. The van der Waals surface area contributed by atoms with E-state index in [0.29, 0.717) is 12.5 Å². The standard InChI is InChI=1S/C21H26N6O/c28-21(26-11-4-5-19(15-26)14-25-12-10-22-17-25)23-9-8-18-13-24-27(16-18)20-6-2-1-3-7-20/h1-3,6-7,10,12-13,16-17,19H,4-5,8-9,11,14-15H2,(H,23,28)/t19-/m1/s1. The number of amides is 2. The zero-order valence-electron chi connectivity index (χ0n) is 15.9. The molecule has 28 heavy (non-hydrogen) atoms.